The third kappa shape index (κ3) is 5.40. The highest BCUT2D eigenvalue weighted by atomic mass is 32.2. The van der Waals surface area contributed by atoms with Crippen LogP contribution >= 0.6 is 0 Å². The summed E-state index contributed by atoms with van der Waals surface area (Å²) in [7, 11) is -3.54. The second-order valence-corrected chi connectivity index (χ2v) is 8.27. The van der Waals surface area contributed by atoms with Crippen LogP contribution in [0.25, 0.3) is 0 Å². The van der Waals surface area contributed by atoms with E-state index in [0.717, 1.165) is 12.1 Å². The average molecular weight is 367 g/mol. The van der Waals surface area contributed by atoms with Crippen molar-refractivity contribution in [3.05, 3.63) is 29.8 Å². The predicted molar refractivity (Wildman–Crippen MR) is 83.5 cm³/mol. The smallest absolute Gasteiger partial charge is 0.416 e. The van der Waals surface area contributed by atoms with Crippen molar-refractivity contribution in [2.45, 2.75) is 37.4 Å². The molecule has 1 rings (SSSR count). The first-order valence-electron chi connectivity index (χ1n) is 7.26. The molecule has 0 bridgehead atoms. The van der Waals surface area contributed by atoms with Crippen molar-refractivity contribution in [1.82, 2.24) is 5.32 Å². The lowest BCUT2D eigenvalue weighted by molar-refractivity contribution is -0.137. The molecule has 0 fully saturated rings. The summed E-state index contributed by atoms with van der Waals surface area (Å²) in [6.45, 7) is 4.34. The monoisotopic (exact) mass is 367 g/mol. The SMILES string of the molecule is CC(C)S(=O)(=O)[C@H](C)C(=O)NCCOc1ccc(C(F)(F)F)cc1. The van der Waals surface area contributed by atoms with Crippen LogP contribution in [0.2, 0.25) is 0 Å². The van der Waals surface area contributed by atoms with Crippen molar-refractivity contribution in [1.29, 1.82) is 0 Å². The molecule has 5 nitrogen and oxygen atoms in total. The molecule has 0 radical (unpaired) electrons. The zero-order valence-corrected chi connectivity index (χ0v) is 14.4. The van der Waals surface area contributed by atoms with Crippen LogP contribution in [-0.4, -0.2) is 38.0 Å². The Kier molecular flexibility index (Phi) is 6.65. The molecular weight excluding hydrogens is 347 g/mol. The molecule has 0 unspecified atom stereocenters. The van der Waals surface area contributed by atoms with Gasteiger partial charge in [-0.25, -0.2) is 8.42 Å². The second-order valence-electron chi connectivity index (χ2n) is 5.44. The van der Waals surface area contributed by atoms with Crippen LogP contribution in [0.4, 0.5) is 13.2 Å². The van der Waals surface area contributed by atoms with Crippen molar-refractivity contribution in [2.24, 2.45) is 0 Å². The number of halogens is 3. The van der Waals surface area contributed by atoms with Crippen molar-refractivity contribution in [2.75, 3.05) is 13.2 Å². The Bertz CT molecular complexity index is 654. The minimum Gasteiger partial charge on any atom is -0.492 e. The van der Waals surface area contributed by atoms with Crippen LogP contribution in [0, 0.1) is 0 Å². The number of hydrogen-bond acceptors (Lipinski definition) is 4. The zero-order chi connectivity index (χ0) is 18.5. The summed E-state index contributed by atoms with van der Waals surface area (Å²) < 4.78 is 66.1. The third-order valence-electron chi connectivity index (χ3n) is 3.37. The number of alkyl halides is 3. The summed E-state index contributed by atoms with van der Waals surface area (Å²) in [4.78, 5) is 11.8. The van der Waals surface area contributed by atoms with E-state index in [1.165, 1.54) is 32.9 Å². The largest absolute Gasteiger partial charge is 0.492 e. The van der Waals surface area contributed by atoms with Gasteiger partial charge in [0.15, 0.2) is 9.84 Å². The highest BCUT2D eigenvalue weighted by molar-refractivity contribution is 7.93. The van der Waals surface area contributed by atoms with Crippen LogP contribution in [-0.2, 0) is 20.8 Å². The first-order valence-corrected chi connectivity index (χ1v) is 8.87. The summed E-state index contributed by atoms with van der Waals surface area (Å²) in [5.74, 6) is -0.417. The average Bonchev–Trinajstić information content (AvgIpc) is 2.49. The van der Waals surface area contributed by atoms with Gasteiger partial charge in [0, 0.05) is 0 Å². The van der Waals surface area contributed by atoms with Gasteiger partial charge >= 0.3 is 6.18 Å². The van der Waals surface area contributed by atoms with E-state index in [1.54, 1.807) is 0 Å². The van der Waals surface area contributed by atoms with E-state index in [4.69, 9.17) is 4.74 Å². The zero-order valence-electron chi connectivity index (χ0n) is 13.6. The standard InChI is InChI=1S/C15H20F3NO4S/c1-10(2)24(21,22)11(3)14(20)19-8-9-23-13-6-4-12(5-7-13)15(16,17)18/h4-7,10-11H,8-9H2,1-3H3,(H,19,20)/t11-/m1/s1. The molecule has 24 heavy (non-hydrogen) atoms. The number of hydrogen-bond donors (Lipinski definition) is 1. The highest BCUT2D eigenvalue weighted by Crippen LogP contribution is 2.30. The molecular formula is C15H20F3NO4S. The van der Waals surface area contributed by atoms with Crippen molar-refractivity contribution in [3.8, 4) is 5.75 Å². The predicted octanol–water partition coefficient (Wildman–Crippen LogP) is 2.41. The maximum atomic E-state index is 12.4. The van der Waals surface area contributed by atoms with Crippen LogP contribution < -0.4 is 10.1 Å². The van der Waals surface area contributed by atoms with E-state index in [2.05, 4.69) is 5.32 Å². The van der Waals surface area contributed by atoms with E-state index in [0.29, 0.717) is 0 Å². The number of sulfone groups is 1. The third-order valence-corrected chi connectivity index (χ3v) is 5.88. The number of nitrogens with one attached hydrogen (secondary N) is 1. The van der Waals surface area contributed by atoms with Crippen molar-refractivity contribution in [3.63, 3.8) is 0 Å². The van der Waals surface area contributed by atoms with E-state index >= 15 is 0 Å². The summed E-state index contributed by atoms with van der Waals surface area (Å²) in [5.41, 5.74) is -0.782. The topological polar surface area (TPSA) is 72.5 Å². The maximum Gasteiger partial charge on any atom is 0.416 e. The van der Waals surface area contributed by atoms with E-state index in [1.807, 2.05) is 0 Å². The molecule has 0 spiro atoms. The Morgan fingerprint density at radius 3 is 2.17 bits per heavy atom. The van der Waals surface area contributed by atoms with Crippen molar-refractivity contribution >= 4 is 15.7 Å². The van der Waals surface area contributed by atoms with Gasteiger partial charge in [-0.1, -0.05) is 0 Å². The van der Waals surface area contributed by atoms with Gasteiger partial charge in [-0.2, -0.15) is 13.2 Å². The molecule has 1 N–H and O–H groups in total. The molecule has 1 aromatic rings. The Morgan fingerprint density at radius 2 is 1.71 bits per heavy atom. The number of benzene rings is 1. The van der Waals surface area contributed by atoms with E-state index < -0.39 is 38.0 Å². The van der Waals surface area contributed by atoms with Crippen LogP contribution in [0.5, 0.6) is 5.75 Å². The number of carbonyl (C=O) groups is 1. The molecule has 1 amide bonds. The molecule has 1 atom stereocenters. The van der Waals surface area contributed by atoms with Crippen LogP contribution in [0.1, 0.15) is 26.3 Å². The van der Waals surface area contributed by atoms with E-state index in [9.17, 15) is 26.4 Å². The number of carbonyl (C=O) groups excluding carboxylic acids is 1. The normalized spacial score (nSPS) is 13.6. The minimum atomic E-state index is -4.41. The number of ether oxygens (including phenoxy) is 1. The molecule has 0 aliphatic rings. The Balaban J connectivity index is 2.45. The first-order chi connectivity index (χ1) is 11.0. The molecule has 0 saturated heterocycles. The highest BCUT2D eigenvalue weighted by Gasteiger charge is 2.31. The van der Waals surface area contributed by atoms with Crippen LogP contribution in [0.15, 0.2) is 24.3 Å². The van der Waals surface area contributed by atoms with Gasteiger partial charge in [-0.3, -0.25) is 4.79 Å². The van der Waals surface area contributed by atoms with E-state index in [-0.39, 0.29) is 18.9 Å². The number of amides is 1. The van der Waals surface area contributed by atoms with Gasteiger partial charge in [0.05, 0.1) is 17.4 Å². The Morgan fingerprint density at radius 1 is 1.17 bits per heavy atom. The quantitative estimate of drug-likeness (QED) is 0.751. The van der Waals surface area contributed by atoms with Crippen LogP contribution in [0.3, 0.4) is 0 Å². The Labute approximate surface area is 139 Å². The summed E-state index contributed by atoms with van der Waals surface area (Å²) in [6, 6.07) is 4.14. The summed E-state index contributed by atoms with van der Waals surface area (Å²) >= 11 is 0. The second kappa shape index (κ2) is 7.87. The fourth-order valence-corrected chi connectivity index (χ4v) is 2.98. The molecule has 9 heteroatoms. The number of rotatable bonds is 7. The summed E-state index contributed by atoms with van der Waals surface area (Å²) in [5, 5.41) is 0.584. The van der Waals surface area contributed by atoms with Gasteiger partial charge in [0.1, 0.15) is 17.6 Å². The maximum absolute atomic E-state index is 12.4. The molecule has 0 aliphatic heterocycles. The van der Waals surface area contributed by atoms with Crippen molar-refractivity contribution < 1.29 is 31.1 Å². The first kappa shape index (κ1) is 20.3. The lowest BCUT2D eigenvalue weighted by atomic mass is 10.2. The molecule has 136 valence electrons. The summed E-state index contributed by atoms with van der Waals surface area (Å²) in [6.07, 6.45) is -4.41. The van der Waals surface area contributed by atoms with Gasteiger partial charge in [-0.15, -0.1) is 0 Å². The molecule has 0 heterocycles. The molecule has 1 aromatic carbocycles. The van der Waals surface area contributed by atoms with Gasteiger partial charge in [0.2, 0.25) is 5.91 Å². The lowest BCUT2D eigenvalue weighted by Gasteiger charge is -2.16. The fourth-order valence-electron chi connectivity index (χ4n) is 1.78. The molecule has 0 aliphatic carbocycles. The van der Waals surface area contributed by atoms with Gasteiger partial charge < -0.3 is 10.1 Å². The Hall–Kier alpha value is -1.77. The molecule has 0 aromatic heterocycles. The lowest BCUT2D eigenvalue weighted by Crippen LogP contribution is -2.42. The fraction of sp³-hybridized carbons (Fsp3) is 0.533. The van der Waals surface area contributed by atoms with Gasteiger partial charge in [-0.05, 0) is 45.0 Å². The van der Waals surface area contributed by atoms with Gasteiger partial charge in [0.25, 0.3) is 0 Å². The molecule has 0 saturated carbocycles. The minimum absolute atomic E-state index is 0.00551.